The third kappa shape index (κ3) is 4.41. The van der Waals surface area contributed by atoms with Crippen LogP contribution in [-0.2, 0) is 22.6 Å². The molecule has 7 nitrogen and oxygen atoms in total. The summed E-state index contributed by atoms with van der Waals surface area (Å²) in [4.78, 5) is 41.4. The molecule has 0 saturated carbocycles. The number of likely N-dealkylation sites (tertiary alicyclic amines) is 1. The van der Waals surface area contributed by atoms with Gasteiger partial charge in [0.2, 0.25) is 5.91 Å². The van der Waals surface area contributed by atoms with Gasteiger partial charge in [0.25, 0.3) is 5.91 Å². The highest BCUT2D eigenvalue weighted by Gasteiger charge is 2.55. The zero-order valence-electron chi connectivity index (χ0n) is 18.8. The van der Waals surface area contributed by atoms with Gasteiger partial charge in [-0.1, -0.05) is 13.3 Å². The summed E-state index contributed by atoms with van der Waals surface area (Å²) in [5.41, 5.74) is -1.54. The molecule has 1 atom stereocenters. The SMILES string of the molecule is CCC[C@]1(C2CCN(C(=O)Cc3c(F)cc(F)cc3F)CC2)NC(=O)N(Cc2ccco2)C1=O. The van der Waals surface area contributed by atoms with Gasteiger partial charge in [-0.25, -0.2) is 18.0 Å². The Morgan fingerprint density at radius 1 is 1.18 bits per heavy atom. The lowest BCUT2D eigenvalue weighted by atomic mass is 9.74. The van der Waals surface area contributed by atoms with Crippen LogP contribution in [0.2, 0.25) is 0 Å². The first kappa shape index (κ1) is 23.8. The molecule has 2 fully saturated rings. The first-order chi connectivity index (χ1) is 16.2. The lowest BCUT2D eigenvalue weighted by Crippen LogP contribution is -2.56. The number of piperidine rings is 1. The number of benzene rings is 1. The molecule has 4 amide bonds. The number of rotatable bonds is 7. The van der Waals surface area contributed by atoms with Crippen molar-refractivity contribution in [2.45, 2.75) is 51.1 Å². The Labute approximate surface area is 194 Å². The summed E-state index contributed by atoms with van der Waals surface area (Å²) in [6.07, 6.45) is 2.97. The Morgan fingerprint density at radius 2 is 1.85 bits per heavy atom. The van der Waals surface area contributed by atoms with Crippen LogP contribution in [0.5, 0.6) is 0 Å². The second kappa shape index (κ2) is 9.52. The Hall–Kier alpha value is -3.30. The molecule has 34 heavy (non-hydrogen) atoms. The quantitative estimate of drug-likeness (QED) is 0.616. The molecule has 2 aromatic rings. The van der Waals surface area contributed by atoms with Crippen molar-refractivity contribution in [2.75, 3.05) is 13.1 Å². The maximum atomic E-state index is 14.0. The van der Waals surface area contributed by atoms with Crippen molar-refractivity contribution < 1.29 is 32.0 Å². The molecule has 3 heterocycles. The summed E-state index contributed by atoms with van der Waals surface area (Å²) in [6, 6.07) is 4.00. The van der Waals surface area contributed by atoms with E-state index in [0.29, 0.717) is 43.6 Å². The minimum Gasteiger partial charge on any atom is -0.467 e. The molecule has 2 aliphatic rings. The van der Waals surface area contributed by atoms with E-state index in [1.165, 1.54) is 11.2 Å². The number of hydrogen-bond donors (Lipinski definition) is 1. The van der Waals surface area contributed by atoms with Crippen LogP contribution in [0.15, 0.2) is 34.9 Å². The van der Waals surface area contributed by atoms with Gasteiger partial charge in [-0.2, -0.15) is 0 Å². The van der Waals surface area contributed by atoms with Crippen LogP contribution in [0.25, 0.3) is 0 Å². The van der Waals surface area contributed by atoms with E-state index in [4.69, 9.17) is 4.42 Å². The number of nitrogens with one attached hydrogen (secondary N) is 1. The molecule has 0 spiro atoms. The van der Waals surface area contributed by atoms with E-state index in [0.717, 1.165) is 4.90 Å². The molecule has 0 bridgehead atoms. The lowest BCUT2D eigenvalue weighted by Gasteiger charge is -2.41. The number of imide groups is 1. The van der Waals surface area contributed by atoms with Crippen molar-refractivity contribution in [3.63, 3.8) is 0 Å². The van der Waals surface area contributed by atoms with Crippen LogP contribution >= 0.6 is 0 Å². The molecular formula is C24H26F3N3O4. The van der Waals surface area contributed by atoms with Crippen LogP contribution in [0.4, 0.5) is 18.0 Å². The average molecular weight is 477 g/mol. The fourth-order valence-corrected chi connectivity index (χ4v) is 5.02. The second-order valence-electron chi connectivity index (χ2n) is 8.80. The van der Waals surface area contributed by atoms with Gasteiger partial charge in [0.15, 0.2) is 0 Å². The maximum absolute atomic E-state index is 14.0. The maximum Gasteiger partial charge on any atom is 0.325 e. The monoisotopic (exact) mass is 477 g/mol. The van der Waals surface area contributed by atoms with Gasteiger partial charge in [0.05, 0.1) is 19.2 Å². The fourth-order valence-electron chi connectivity index (χ4n) is 5.02. The summed E-state index contributed by atoms with van der Waals surface area (Å²) >= 11 is 0. The number of urea groups is 1. The normalized spacial score (nSPS) is 21.3. The fraction of sp³-hybridized carbons (Fsp3) is 0.458. The Kier molecular flexibility index (Phi) is 6.67. The van der Waals surface area contributed by atoms with Gasteiger partial charge in [-0.15, -0.1) is 0 Å². The highest BCUT2D eigenvalue weighted by molar-refractivity contribution is 6.07. The van der Waals surface area contributed by atoms with Crippen LogP contribution in [0, 0.1) is 23.4 Å². The van der Waals surface area contributed by atoms with Gasteiger partial charge >= 0.3 is 6.03 Å². The molecule has 1 aromatic heterocycles. The molecule has 2 aliphatic heterocycles. The minimum atomic E-state index is -1.10. The molecule has 0 radical (unpaired) electrons. The first-order valence-corrected chi connectivity index (χ1v) is 11.3. The summed E-state index contributed by atoms with van der Waals surface area (Å²) in [5, 5.41) is 2.91. The molecule has 2 saturated heterocycles. The number of nitrogens with zero attached hydrogens (tertiary/aromatic N) is 2. The number of furan rings is 1. The van der Waals surface area contributed by atoms with E-state index in [9.17, 15) is 27.6 Å². The lowest BCUT2D eigenvalue weighted by molar-refractivity contribution is -0.136. The Morgan fingerprint density at radius 3 is 2.44 bits per heavy atom. The van der Waals surface area contributed by atoms with Crippen molar-refractivity contribution in [2.24, 2.45) is 5.92 Å². The van der Waals surface area contributed by atoms with Crippen LogP contribution in [0.3, 0.4) is 0 Å². The highest BCUT2D eigenvalue weighted by Crippen LogP contribution is 2.37. The molecule has 0 aliphatic carbocycles. The minimum absolute atomic E-state index is 0.0370. The van der Waals surface area contributed by atoms with Gasteiger partial charge in [0, 0.05) is 30.8 Å². The number of carbonyl (C=O) groups is 3. The van der Waals surface area contributed by atoms with Crippen molar-refractivity contribution >= 4 is 17.8 Å². The van der Waals surface area contributed by atoms with Gasteiger partial charge in [-0.05, 0) is 37.3 Å². The molecule has 0 unspecified atom stereocenters. The van der Waals surface area contributed by atoms with E-state index in [-0.39, 0.29) is 31.5 Å². The van der Waals surface area contributed by atoms with E-state index >= 15 is 0 Å². The third-order valence-electron chi connectivity index (χ3n) is 6.72. The Balaban J connectivity index is 1.44. The largest absolute Gasteiger partial charge is 0.467 e. The van der Waals surface area contributed by atoms with Crippen molar-refractivity contribution in [3.05, 3.63) is 59.3 Å². The first-order valence-electron chi connectivity index (χ1n) is 11.3. The number of hydrogen-bond acceptors (Lipinski definition) is 4. The third-order valence-corrected chi connectivity index (χ3v) is 6.72. The molecule has 182 valence electrons. The zero-order chi connectivity index (χ0) is 24.5. The summed E-state index contributed by atoms with van der Waals surface area (Å²) in [5.74, 6) is -3.73. The number of amides is 4. The zero-order valence-corrected chi connectivity index (χ0v) is 18.8. The van der Waals surface area contributed by atoms with E-state index in [1.54, 1.807) is 12.1 Å². The van der Waals surface area contributed by atoms with Crippen LogP contribution in [0.1, 0.15) is 43.9 Å². The van der Waals surface area contributed by atoms with Gasteiger partial charge in [0.1, 0.15) is 28.8 Å². The number of halogens is 3. The average Bonchev–Trinajstić information content (AvgIpc) is 3.39. The highest BCUT2D eigenvalue weighted by atomic mass is 19.1. The smallest absolute Gasteiger partial charge is 0.325 e. The Bertz CT molecular complexity index is 1060. The number of carbonyl (C=O) groups excluding carboxylic acids is 3. The predicted octanol–water partition coefficient (Wildman–Crippen LogP) is 3.77. The summed E-state index contributed by atoms with van der Waals surface area (Å²) in [6.45, 7) is 2.53. The molecular weight excluding hydrogens is 451 g/mol. The topological polar surface area (TPSA) is 82.9 Å². The van der Waals surface area contributed by atoms with Crippen molar-refractivity contribution in [3.8, 4) is 0 Å². The summed E-state index contributed by atoms with van der Waals surface area (Å²) in [7, 11) is 0. The van der Waals surface area contributed by atoms with Crippen molar-refractivity contribution in [1.29, 1.82) is 0 Å². The molecule has 1 N–H and O–H groups in total. The van der Waals surface area contributed by atoms with Gasteiger partial charge < -0.3 is 14.6 Å². The molecule has 10 heteroatoms. The van der Waals surface area contributed by atoms with Crippen LogP contribution in [-0.4, -0.2) is 46.3 Å². The van der Waals surface area contributed by atoms with Crippen LogP contribution < -0.4 is 5.32 Å². The van der Waals surface area contributed by atoms with E-state index in [1.807, 2.05) is 6.92 Å². The predicted molar refractivity (Wildman–Crippen MR) is 115 cm³/mol. The van der Waals surface area contributed by atoms with E-state index < -0.39 is 46.9 Å². The second-order valence-corrected chi connectivity index (χ2v) is 8.80. The van der Waals surface area contributed by atoms with Crippen molar-refractivity contribution in [1.82, 2.24) is 15.1 Å². The standard InChI is InChI=1S/C24H26F3N3O4/c1-2-7-24(22(32)30(23(33)28-24)14-17-4-3-10-34-17)15-5-8-29(9-6-15)21(31)13-18-19(26)11-16(25)12-20(18)27/h3-4,10-12,15H,2,5-9,13-14H2,1H3,(H,28,33)/t24-/m1/s1. The van der Waals surface area contributed by atoms with Gasteiger partial charge in [-0.3, -0.25) is 14.5 Å². The summed E-state index contributed by atoms with van der Waals surface area (Å²) < 4.78 is 46.3. The molecule has 1 aromatic carbocycles. The van der Waals surface area contributed by atoms with E-state index in [2.05, 4.69) is 5.32 Å². The molecule has 4 rings (SSSR count).